The molecular weight excluding hydrogens is 208 g/mol. The molecule has 0 rings (SSSR count). The van der Waals surface area contributed by atoms with Gasteiger partial charge in [-0.15, -0.1) is 0 Å². The molecule has 0 unspecified atom stereocenters. The summed E-state index contributed by atoms with van der Waals surface area (Å²) >= 11 is 0. The smallest absolute Gasteiger partial charge is 0.0791 e. The lowest BCUT2D eigenvalue weighted by molar-refractivity contribution is 0.684. The summed E-state index contributed by atoms with van der Waals surface area (Å²) in [5.41, 5.74) is 10.1. The first kappa shape index (κ1) is 15.5. The minimum Gasteiger partial charge on any atom is -0.0791 e. The van der Waals surface area contributed by atoms with Crippen LogP contribution in [0.25, 0.3) is 0 Å². The second-order valence-corrected chi connectivity index (χ2v) is 10.7. The Morgan fingerprint density at radius 1 is 1.06 bits per heavy atom. The molecule has 0 fully saturated rings. The normalized spacial score (nSPS) is 11.3. The van der Waals surface area contributed by atoms with Gasteiger partial charge in [-0.05, 0) is 37.0 Å². The van der Waals surface area contributed by atoms with Gasteiger partial charge in [-0.3, -0.25) is 0 Å². The van der Waals surface area contributed by atoms with Gasteiger partial charge >= 0.3 is 0 Å². The summed E-state index contributed by atoms with van der Waals surface area (Å²) in [5.74, 6) is 1.58. The van der Waals surface area contributed by atoms with Gasteiger partial charge in [0, 0.05) is 0 Å². The van der Waals surface area contributed by atoms with E-state index in [2.05, 4.69) is 65.3 Å². The molecule has 0 heterocycles. The van der Waals surface area contributed by atoms with Crippen molar-refractivity contribution < 1.29 is 0 Å². The molecule has 0 spiro atoms. The zero-order valence-electron chi connectivity index (χ0n) is 12.1. The van der Waals surface area contributed by atoms with E-state index in [1.807, 2.05) is 0 Å². The Morgan fingerprint density at radius 3 is 1.81 bits per heavy atom. The number of hydrogen-bond donors (Lipinski definition) is 0. The average Bonchev–Trinajstić information content (AvgIpc) is 1.98. The maximum absolute atomic E-state index is 3.29. The fourth-order valence-corrected chi connectivity index (χ4v) is 6.97. The zero-order chi connectivity index (χ0) is 12.8. The number of allylic oxidation sites excluding steroid dienone is 1. The van der Waals surface area contributed by atoms with Crippen molar-refractivity contribution in [2.24, 2.45) is 11.8 Å². The van der Waals surface area contributed by atoms with Crippen LogP contribution < -0.4 is 0 Å². The minimum atomic E-state index is -1.25. The van der Waals surface area contributed by atoms with Gasteiger partial charge in [0.1, 0.15) is 0 Å². The van der Waals surface area contributed by atoms with Crippen LogP contribution in [0.3, 0.4) is 0 Å². The van der Waals surface area contributed by atoms with Gasteiger partial charge in [0.25, 0.3) is 0 Å². The van der Waals surface area contributed by atoms with Crippen molar-refractivity contribution in [1.29, 1.82) is 0 Å². The lowest BCUT2D eigenvalue weighted by atomic mass is 10.3. The van der Waals surface area contributed by atoms with Gasteiger partial charge in [0.15, 0.2) is 0 Å². The Kier molecular flexibility index (Phi) is 6.75. The van der Waals surface area contributed by atoms with Crippen LogP contribution in [0.1, 0.15) is 41.5 Å². The van der Waals surface area contributed by atoms with Crippen molar-refractivity contribution in [1.82, 2.24) is 0 Å². The summed E-state index contributed by atoms with van der Waals surface area (Å²) in [7, 11) is -1.25. The fraction of sp³-hybridized carbons (Fsp3) is 0.733. The molecular formula is C15H28Si. The van der Waals surface area contributed by atoms with Crippen LogP contribution >= 0.6 is 0 Å². The summed E-state index contributed by atoms with van der Waals surface area (Å²) in [4.78, 5) is 0. The van der Waals surface area contributed by atoms with Crippen molar-refractivity contribution >= 4 is 8.07 Å². The topological polar surface area (TPSA) is 0 Å². The van der Waals surface area contributed by atoms with Crippen LogP contribution in [0.5, 0.6) is 0 Å². The van der Waals surface area contributed by atoms with Crippen molar-refractivity contribution in [2.45, 2.75) is 60.2 Å². The highest BCUT2D eigenvalue weighted by molar-refractivity contribution is 6.83. The van der Waals surface area contributed by atoms with Crippen LogP contribution in [0.15, 0.2) is 22.7 Å². The van der Waals surface area contributed by atoms with Crippen LogP contribution in [0.4, 0.5) is 0 Å². The molecule has 1 heteroatoms. The lowest BCUT2D eigenvalue weighted by Gasteiger charge is -2.26. The molecule has 0 nitrogen and oxygen atoms in total. The van der Waals surface area contributed by atoms with Gasteiger partial charge < -0.3 is 0 Å². The van der Waals surface area contributed by atoms with Crippen LogP contribution in [0, 0.1) is 11.8 Å². The molecule has 0 aliphatic heterocycles. The van der Waals surface area contributed by atoms with Crippen LogP contribution in [-0.4, -0.2) is 8.07 Å². The molecule has 92 valence electrons. The van der Waals surface area contributed by atoms with E-state index in [1.165, 1.54) is 17.7 Å². The Bertz CT molecular complexity index is 283. The van der Waals surface area contributed by atoms with Crippen molar-refractivity contribution in [2.75, 3.05) is 0 Å². The standard InChI is InChI=1S/C15H28Si/c1-13(2)9-8-10-16(7,11-14(3)4)12-15(5)6/h10,14-15H,11-12H2,1-7H3. The number of hydrogen-bond acceptors (Lipinski definition) is 0. The molecule has 0 aromatic heterocycles. The van der Waals surface area contributed by atoms with Gasteiger partial charge in [-0.25, -0.2) is 0 Å². The van der Waals surface area contributed by atoms with Gasteiger partial charge in [0.2, 0.25) is 0 Å². The summed E-state index contributed by atoms with van der Waals surface area (Å²) < 4.78 is 0. The quantitative estimate of drug-likeness (QED) is 0.455. The first-order valence-electron chi connectivity index (χ1n) is 6.41. The van der Waals surface area contributed by atoms with Crippen molar-refractivity contribution in [3.63, 3.8) is 0 Å². The predicted molar refractivity (Wildman–Crippen MR) is 77.4 cm³/mol. The van der Waals surface area contributed by atoms with E-state index in [-0.39, 0.29) is 0 Å². The maximum atomic E-state index is 3.29. The average molecular weight is 236 g/mol. The van der Waals surface area contributed by atoms with Gasteiger partial charge in [-0.1, -0.05) is 57.8 Å². The molecule has 0 radical (unpaired) electrons. The first-order chi connectivity index (χ1) is 7.25. The minimum absolute atomic E-state index is 0.792. The highest BCUT2D eigenvalue weighted by Crippen LogP contribution is 2.25. The van der Waals surface area contributed by atoms with E-state index in [9.17, 15) is 0 Å². The van der Waals surface area contributed by atoms with E-state index in [4.69, 9.17) is 0 Å². The third-order valence-electron chi connectivity index (χ3n) is 2.49. The molecule has 0 atom stereocenters. The predicted octanol–water partition coefficient (Wildman–Crippen LogP) is 5.19. The second kappa shape index (κ2) is 6.96. The van der Waals surface area contributed by atoms with Crippen molar-refractivity contribution in [3.05, 3.63) is 22.7 Å². The second-order valence-electron chi connectivity index (χ2n) is 6.26. The number of rotatable bonds is 5. The van der Waals surface area contributed by atoms with E-state index in [1.54, 1.807) is 0 Å². The van der Waals surface area contributed by atoms with E-state index in [0.29, 0.717) is 0 Å². The summed E-state index contributed by atoms with van der Waals surface area (Å²) in [6.45, 7) is 15.9. The molecule has 0 bridgehead atoms. The van der Waals surface area contributed by atoms with E-state index < -0.39 is 8.07 Å². The first-order valence-corrected chi connectivity index (χ1v) is 9.40. The molecule has 0 aromatic rings. The summed E-state index contributed by atoms with van der Waals surface area (Å²) in [6.07, 6.45) is 0. The molecule has 0 saturated heterocycles. The highest BCUT2D eigenvalue weighted by atomic mass is 28.3. The van der Waals surface area contributed by atoms with E-state index >= 15 is 0 Å². The molecule has 0 amide bonds. The third-order valence-corrected chi connectivity index (χ3v) is 6.83. The van der Waals surface area contributed by atoms with Crippen LogP contribution in [0.2, 0.25) is 18.6 Å². The largest absolute Gasteiger partial charge is 0.0856 e. The monoisotopic (exact) mass is 236 g/mol. The van der Waals surface area contributed by atoms with E-state index in [0.717, 1.165) is 11.8 Å². The summed E-state index contributed by atoms with van der Waals surface area (Å²) in [5, 5.41) is 0. The summed E-state index contributed by atoms with van der Waals surface area (Å²) in [6, 6.07) is 2.73. The third kappa shape index (κ3) is 7.76. The SMILES string of the molecule is CC(C)=C=C=C[Si](C)(CC(C)C)CC(C)C. The van der Waals surface area contributed by atoms with Crippen molar-refractivity contribution in [3.8, 4) is 0 Å². The molecule has 0 saturated carbocycles. The Labute approximate surface area is 103 Å². The molecule has 0 aliphatic carbocycles. The van der Waals surface area contributed by atoms with Crippen LogP contribution in [-0.2, 0) is 0 Å². The molecule has 0 N–H and O–H groups in total. The fourth-order valence-electron chi connectivity index (χ4n) is 2.42. The zero-order valence-corrected chi connectivity index (χ0v) is 13.1. The Morgan fingerprint density at radius 2 is 1.50 bits per heavy atom. The van der Waals surface area contributed by atoms with Gasteiger partial charge in [-0.2, -0.15) is 0 Å². The lowest BCUT2D eigenvalue weighted by Crippen LogP contribution is -2.30. The molecule has 0 aliphatic rings. The Hall–Kier alpha value is -0.483. The van der Waals surface area contributed by atoms with Gasteiger partial charge in [0.05, 0.1) is 8.07 Å². The molecule has 0 aromatic carbocycles. The Balaban J connectivity index is 4.93. The highest BCUT2D eigenvalue weighted by Gasteiger charge is 2.26. The maximum Gasteiger partial charge on any atom is 0.0856 e. The molecule has 16 heavy (non-hydrogen) atoms.